The Kier molecular flexibility index (Phi) is 3.77. The molecule has 126 valence electrons. The third-order valence-corrected chi connectivity index (χ3v) is 5.26. The summed E-state index contributed by atoms with van der Waals surface area (Å²) in [6.45, 7) is 4.08. The fourth-order valence-corrected chi connectivity index (χ4v) is 4.13. The molecule has 1 aromatic heterocycles. The molecule has 2 fully saturated rings. The SMILES string of the molecule is CCOC(=O)[C@@]1(CC)C[C@H]2CC[C@@H]1N2C(=O)c1nn(C)c(=O)[nH]1. The lowest BCUT2D eigenvalue weighted by molar-refractivity contribution is -0.157. The van der Waals surface area contributed by atoms with Gasteiger partial charge in [-0.3, -0.25) is 14.6 Å². The molecule has 0 aromatic carbocycles. The number of nitrogens with one attached hydrogen (secondary N) is 1. The van der Waals surface area contributed by atoms with Gasteiger partial charge in [0.2, 0.25) is 5.82 Å². The number of H-pyrrole nitrogens is 1. The van der Waals surface area contributed by atoms with Crippen molar-refractivity contribution in [3.05, 3.63) is 16.3 Å². The van der Waals surface area contributed by atoms with E-state index in [4.69, 9.17) is 4.74 Å². The number of esters is 1. The first-order chi connectivity index (χ1) is 10.9. The van der Waals surface area contributed by atoms with E-state index in [-0.39, 0.29) is 29.8 Å². The number of nitrogens with zero attached hydrogens (tertiary/aromatic N) is 3. The summed E-state index contributed by atoms with van der Waals surface area (Å²) in [6, 6.07) is -0.183. The molecule has 1 N–H and O–H groups in total. The fraction of sp³-hybridized carbons (Fsp3) is 0.733. The van der Waals surface area contributed by atoms with Crippen LogP contribution in [0.4, 0.5) is 0 Å². The average Bonchev–Trinajstić information content (AvgIpc) is 3.19. The van der Waals surface area contributed by atoms with Crippen LogP contribution in [0.5, 0.6) is 0 Å². The van der Waals surface area contributed by atoms with E-state index in [1.54, 1.807) is 11.8 Å². The van der Waals surface area contributed by atoms with E-state index in [0.717, 1.165) is 17.5 Å². The maximum Gasteiger partial charge on any atom is 0.343 e. The van der Waals surface area contributed by atoms with E-state index in [1.165, 1.54) is 7.05 Å². The number of amides is 1. The molecule has 1 aromatic rings. The van der Waals surface area contributed by atoms with Gasteiger partial charge in [-0.25, -0.2) is 9.48 Å². The Hall–Kier alpha value is -2.12. The Morgan fingerprint density at radius 3 is 2.70 bits per heavy atom. The summed E-state index contributed by atoms with van der Waals surface area (Å²) in [5.74, 6) is -0.498. The van der Waals surface area contributed by atoms with E-state index < -0.39 is 11.1 Å². The number of carbonyl (C=O) groups is 2. The highest BCUT2D eigenvalue weighted by molar-refractivity contribution is 5.92. The number of hydrogen-bond acceptors (Lipinski definition) is 5. The smallest absolute Gasteiger partial charge is 0.343 e. The Bertz CT molecular complexity index is 694. The van der Waals surface area contributed by atoms with Gasteiger partial charge in [0.15, 0.2) is 0 Å². The highest BCUT2D eigenvalue weighted by Gasteiger charge is 2.61. The van der Waals surface area contributed by atoms with Gasteiger partial charge in [-0.15, -0.1) is 5.10 Å². The number of aromatic amines is 1. The Balaban J connectivity index is 1.92. The lowest BCUT2D eigenvalue weighted by atomic mass is 9.72. The zero-order chi connectivity index (χ0) is 16.8. The highest BCUT2D eigenvalue weighted by Crippen LogP contribution is 2.52. The van der Waals surface area contributed by atoms with Crippen molar-refractivity contribution < 1.29 is 14.3 Å². The van der Waals surface area contributed by atoms with Gasteiger partial charge in [0.05, 0.1) is 12.0 Å². The van der Waals surface area contributed by atoms with Crippen LogP contribution >= 0.6 is 0 Å². The van der Waals surface area contributed by atoms with Gasteiger partial charge in [-0.1, -0.05) is 6.92 Å². The Morgan fingerprint density at radius 1 is 1.39 bits per heavy atom. The molecule has 1 amide bonds. The maximum atomic E-state index is 12.8. The van der Waals surface area contributed by atoms with Crippen LogP contribution in [-0.4, -0.2) is 50.2 Å². The van der Waals surface area contributed by atoms with Gasteiger partial charge in [-0.2, -0.15) is 0 Å². The van der Waals surface area contributed by atoms with E-state index in [0.29, 0.717) is 19.4 Å². The number of hydrogen-bond donors (Lipinski definition) is 1. The summed E-state index contributed by atoms with van der Waals surface area (Å²) in [4.78, 5) is 41.0. The van der Waals surface area contributed by atoms with Crippen molar-refractivity contribution in [1.82, 2.24) is 19.7 Å². The number of aryl methyl sites for hydroxylation is 1. The Morgan fingerprint density at radius 2 is 2.13 bits per heavy atom. The molecule has 0 spiro atoms. The normalized spacial score (nSPS) is 29.1. The predicted octanol–water partition coefficient (Wildman–Crippen LogP) is 0.445. The Labute approximate surface area is 133 Å². The van der Waals surface area contributed by atoms with Gasteiger partial charge in [0.1, 0.15) is 0 Å². The molecular formula is C15H22N4O4. The summed E-state index contributed by atoms with van der Waals surface area (Å²) in [7, 11) is 1.49. The van der Waals surface area contributed by atoms with Crippen LogP contribution in [0.2, 0.25) is 0 Å². The van der Waals surface area contributed by atoms with Gasteiger partial charge in [-0.05, 0) is 32.6 Å². The predicted molar refractivity (Wildman–Crippen MR) is 80.8 cm³/mol. The molecular weight excluding hydrogens is 300 g/mol. The van der Waals surface area contributed by atoms with E-state index >= 15 is 0 Å². The molecule has 23 heavy (non-hydrogen) atoms. The van der Waals surface area contributed by atoms with Crippen LogP contribution in [0.15, 0.2) is 4.79 Å². The van der Waals surface area contributed by atoms with E-state index in [1.807, 2.05) is 6.92 Å². The van der Waals surface area contributed by atoms with Crippen molar-refractivity contribution in [3.63, 3.8) is 0 Å². The number of rotatable bonds is 4. The van der Waals surface area contributed by atoms with E-state index in [2.05, 4.69) is 10.1 Å². The summed E-state index contributed by atoms with van der Waals surface area (Å²) in [6.07, 6.45) is 2.90. The lowest BCUT2D eigenvalue weighted by Gasteiger charge is -2.33. The van der Waals surface area contributed by atoms with Crippen LogP contribution in [0.1, 0.15) is 50.1 Å². The molecule has 2 aliphatic heterocycles. The van der Waals surface area contributed by atoms with Gasteiger partial charge in [0, 0.05) is 19.1 Å². The van der Waals surface area contributed by atoms with Crippen LogP contribution in [0, 0.1) is 5.41 Å². The first-order valence-corrected chi connectivity index (χ1v) is 8.07. The summed E-state index contributed by atoms with van der Waals surface area (Å²) in [5.41, 5.74) is -1.06. The number of fused-ring (bicyclic) bond motifs is 2. The van der Waals surface area contributed by atoms with Gasteiger partial charge in [0.25, 0.3) is 5.91 Å². The van der Waals surface area contributed by atoms with Gasteiger partial charge < -0.3 is 9.64 Å². The first-order valence-electron chi connectivity index (χ1n) is 8.07. The summed E-state index contributed by atoms with van der Waals surface area (Å²) >= 11 is 0. The topological polar surface area (TPSA) is 97.3 Å². The molecule has 0 unspecified atom stereocenters. The van der Waals surface area contributed by atoms with Crippen LogP contribution in [0.25, 0.3) is 0 Å². The maximum absolute atomic E-state index is 12.8. The largest absolute Gasteiger partial charge is 0.466 e. The molecule has 8 heteroatoms. The summed E-state index contributed by atoms with van der Waals surface area (Å²) < 4.78 is 6.38. The zero-order valence-electron chi connectivity index (χ0n) is 13.7. The van der Waals surface area contributed by atoms with Crippen molar-refractivity contribution in [3.8, 4) is 0 Å². The van der Waals surface area contributed by atoms with Crippen LogP contribution in [-0.2, 0) is 16.6 Å². The summed E-state index contributed by atoms with van der Waals surface area (Å²) in [5, 5.41) is 3.95. The molecule has 0 saturated carbocycles. The van der Waals surface area contributed by atoms with Crippen molar-refractivity contribution in [2.24, 2.45) is 12.5 Å². The van der Waals surface area contributed by atoms with Crippen molar-refractivity contribution in [2.75, 3.05) is 6.61 Å². The minimum Gasteiger partial charge on any atom is -0.466 e. The molecule has 3 atom stereocenters. The molecule has 2 aliphatic rings. The minimum atomic E-state index is -0.635. The van der Waals surface area contributed by atoms with Crippen LogP contribution < -0.4 is 5.69 Å². The second kappa shape index (κ2) is 5.50. The average molecular weight is 322 g/mol. The second-order valence-corrected chi connectivity index (χ2v) is 6.30. The number of aromatic nitrogens is 3. The van der Waals surface area contributed by atoms with Crippen molar-refractivity contribution in [1.29, 1.82) is 0 Å². The third kappa shape index (κ3) is 2.19. The molecule has 0 aliphatic carbocycles. The highest BCUT2D eigenvalue weighted by atomic mass is 16.5. The zero-order valence-corrected chi connectivity index (χ0v) is 13.7. The molecule has 3 heterocycles. The third-order valence-electron chi connectivity index (χ3n) is 5.26. The fourth-order valence-electron chi connectivity index (χ4n) is 4.13. The number of carbonyl (C=O) groups excluding carboxylic acids is 2. The van der Waals surface area contributed by atoms with E-state index in [9.17, 15) is 14.4 Å². The monoisotopic (exact) mass is 322 g/mol. The number of ether oxygens (including phenoxy) is 1. The molecule has 3 rings (SSSR count). The molecule has 8 nitrogen and oxygen atoms in total. The molecule has 0 radical (unpaired) electrons. The van der Waals surface area contributed by atoms with Crippen molar-refractivity contribution >= 4 is 11.9 Å². The second-order valence-electron chi connectivity index (χ2n) is 6.30. The first kappa shape index (κ1) is 15.8. The molecule has 2 saturated heterocycles. The quantitative estimate of drug-likeness (QED) is 0.812. The standard InChI is InChI=1S/C15H22N4O4/c1-4-15(13(21)23-5-2)8-9-6-7-10(15)19(9)12(20)11-16-14(22)18(3)17-11/h9-10H,4-8H2,1-3H3,(H,16,17,22)/t9-,10+,15+/m1/s1. The van der Waals surface area contributed by atoms with Crippen LogP contribution in [0.3, 0.4) is 0 Å². The van der Waals surface area contributed by atoms with Crippen molar-refractivity contribution in [2.45, 2.75) is 51.6 Å². The lowest BCUT2D eigenvalue weighted by Crippen LogP contribution is -2.45. The minimum absolute atomic E-state index is 0.00219. The van der Waals surface area contributed by atoms with Gasteiger partial charge >= 0.3 is 11.7 Å². The molecule has 2 bridgehead atoms.